The van der Waals surface area contributed by atoms with E-state index in [-0.39, 0.29) is 17.1 Å². The van der Waals surface area contributed by atoms with Crippen molar-refractivity contribution in [3.63, 3.8) is 0 Å². The SMILES string of the molecule is CON(C)S(=O)(=O)c1ccc(C(=O)OCCSc2ccc(Cl)cc2)cc1. The Balaban J connectivity index is 1.87. The summed E-state index contributed by atoms with van der Waals surface area (Å²) >= 11 is 7.36. The van der Waals surface area contributed by atoms with Crippen LogP contribution >= 0.6 is 23.4 Å². The Morgan fingerprint density at radius 3 is 2.31 bits per heavy atom. The summed E-state index contributed by atoms with van der Waals surface area (Å²) in [7, 11) is -1.20. The zero-order chi connectivity index (χ0) is 19.2. The third-order valence-electron chi connectivity index (χ3n) is 3.38. The molecule has 140 valence electrons. The van der Waals surface area contributed by atoms with Crippen molar-refractivity contribution in [1.82, 2.24) is 4.47 Å². The number of ether oxygens (including phenoxy) is 1. The van der Waals surface area contributed by atoms with Crippen LogP contribution in [0.15, 0.2) is 58.3 Å². The fraction of sp³-hybridized carbons (Fsp3) is 0.235. The van der Waals surface area contributed by atoms with Gasteiger partial charge in [-0.25, -0.2) is 13.2 Å². The van der Waals surface area contributed by atoms with Crippen LogP contribution in [0.4, 0.5) is 0 Å². The molecule has 2 rings (SSSR count). The molecule has 0 bridgehead atoms. The zero-order valence-electron chi connectivity index (χ0n) is 14.2. The molecule has 0 aliphatic rings. The summed E-state index contributed by atoms with van der Waals surface area (Å²) in [5.74, 6) is 0.0871. The van der Waals surface area contributed by atoms with Crippen LogP contribution in [0.25, 0.3) is 0 Å². The van der Waals surface area contributed by atoms with Crippen LogP contribution < -0.4 is 0 Å². The maximum atomic E-state index is 12.1. The Bertz CT molecular complexity index is 838. The minimum absolute atomic E-state index is 0.0247. The number of thioether (sulfide) groups is 1. The van der Waals surface area contributed by atoms with Gasteiger partial charge in [0.2, 0.25) is 0 Å². The summed E-state index contributed by atoms with van der Waals surface area (Å²) in [5.41, 5.74) is 0.278. The van der Waals surface area contributed by atoms with Gasteiger partial charge >= 0.3 is 5.97 Å². The summed E-state index contributed by atoms with van der Waals surface area (Å²) in [4.78, 5) is 17.8. The van der Waals surface area contributed by atoms with Crippen molar-refractivity contribution >= 4 is 39.4 Å². The van der Waals surface area contributed by atoms with Crippen LogP contribution in [0, 0.1) is 0 Å². The first-order valence-corrected chi connectivity index (χ1v) is 10.3. The second kappa shape index (κ2) is 9.38. The number of benzene rings is 2. The third kappa shape index (κ3) is 5.46. The molecule has 0 aliphatic carbocycles. The molecule has 0 aliphatic heterocycles. The lowest BCUT2D eigenvalue weighted by Crippen LogP contribution is -2.25. The average molecular weight is 416 g/mol. The number of sulfonamides is 1. The van der Waals surface area contributed by atoms with Crippen LogP contribution in [0.5, 0.6) is 0 Å². The van der Waals surface area contributed by atoms with E-state index in [4.69, 9.17) is 21.2 Å². The second-order valence-corrected chi connectivity index (χ2v) is 8.60. The van der Waals surface area contributed by atoms with Gasteiger partial charge in [0.1, 0.15) is 6.61 Å². The predicted octanol–water partition coefficient (Wildman–Crippen LogP) is 3.47. The first-order valence-electron chi connectivity index (χ1n) is 7.53. The Hall–Kier alpha value is -1.58. The van der Waals surface area contributed by atoms with E-state index in [1.807, 2.05) is 12.1 Å². The fourth-order valence-electron chi connectivity index (χ4n) is 1.92. The smallest absolute Gasteiger partial charge is 0.338 e. The van der Waals surface area contributed by atoms with Crippen LogP contribution in [0.3, 0.4) is 0 Å². The maximum Gasteiger partial charge on any atom is 0.338 e. The first-order chi connectivity index (χ1) is 12.3. The van der Waals surface area contributed by atoms with Crippen molar-refractivity contribution < 1.29 is 22.8 Å². The van der Waals surface area contributed by atoms with Gasteiger partial charge in [0.25, 0.3) is 10.0 Å². The van der Waals surface area contributed by atoms with Crippen molar-refractivity contribution in [2.75, 3.05) is 26.5 Å². The molecule has 0 N–H and O–H groups in total. The average Bonchev–Trinajstić information content (AvgIpc) is 2.65. The first kappa shape index (κ1) is 20.7. The number of carbonyl (C=O) groups is 1. The Kier molecular flexibility index (Phi) is 7.48. The highest BCUT2D eigenvalue weighted by atomic mass is 35.5. The minimum atomic E-state index is -3.74. The molecule has 2 aromatic carbocycles. The molecule has 0 saturated carbocycles. The Morgan fingerprint density at radius 2 is 1.73 bits per heavy atom. The number of hydroxylamine groups is 1. The molecule has 0 heterocycles. The van der Waals surface area contributed by atoms with Crippen LogP contribution in [-0.2, 0) is 19.6 Å². The van der Waals surface area contributed by atoms with Gasteiger partial charge in [-0.2, -0.15) is 0 Å². The van der Waals surface area contributed by atoms with E-state index in [0.717, 1.165) is 9.36 Å². The molecular formula is C17H18ClNO5S2. The van der Waals surface area contributed by atoms with E-state index < -0.39 is 16.0 Å². The zero-order valence-corrected chi connectivity index (χ0v) is 16.6. The van der Waals surface area contributed by atoms with Crippen molar-refractivity contribution in [2.45, 2.75) is 9.79 Å². The number of hydrogen-bond donors (Lipinski definition) is 0. The van der Waals surface area contributed by atoms with Gasteiger partial charge in [0, 0.05) is 22.7 Å². The lowest BCUT2D eigenvalue weighted by Gasteiger charge is -2.14. The molecule has 0 unspecified atom stereocenters. The van der Waals surface area contributed by atoms with E-state index in [2.05, 4.69) is 0 Å². The van der Waals surface area contributed by atoms with Gasteiger partial charge in [0.05, 0.1) is 17.6 Å². The highest BCUT2D eigenvalue weighted by Crippen LogP contribution is 2.20. The number of carbonyl (C=O) groups excluding carboxylic acids is 1. The van der Waals surface area contributed by atoms with Crippen molar-refractivity contribution in [3.05, 3.63) is 59.1 Å². The maximum absolute atomic E-state index is 12.1. The molecule has 6 nitrogen and oxygen atoms in total. The lowest BCUT2D eigenvalue weighted by molar-refractivity contribution is -0.0258. The molecule has 0 amide bonds. The highest BCUT2D eigenvalue weighted by Gasteiger charge is 2.21. The summed E-state index contributed by atoms with van der Waals surface area (Å²) in [6.45, 7) is 0.235. The van der Waals surface area contributed by atoms with Crippen molar-refractivity contribution in [2.24, 2.45) is 0 Å². The molecule has 9 heteroatoms. The standard InChI is InChI=1S/C17H18ClNO5S2/c1-19(23-2)26(21,22)16-9-3-13(4-10-16)17(20)24-11-12-25-15-7-5-14(18)6-8-15/h3-10H,11-12H2,1-2H3. The van der Waals surface area contributed by atoms with Crippen LogP contribution in [0.2, 0.25) is 5.02 Å². The fourth-order valence-corrected chi connectivity index (χ4v) is 3.75. The minimum Gasteiger partial charge on any atom is -0.461 e. The number of esters is 1. The van der Waals surface area contributed by atoms with Crippen molar-refractivity contribution in [3.8, 4) is 0 Å². The number of halogens is 1. The number of hydrogen-bond acceptors (Lipinski definition) is 6. The van der Waals surface area contributed by atoms with Crippen molar-refractivity contribution in [1.29, 1.82) is 0 Å². The monoisotopic (exact) mass is 415 g/mol. The second-order valence-electron chi connectivity index (χ2n) is 5.06. The highest BCUT2D eigenvalue weighted by molar-refractivity contribution is 7.99. The third-order valence-corrected chi connectivity index (χ3v) is 6.30. The quantitative estimate of drug-likeness (QED) is 0.284. The van der Waals surface area contributed by atoms with E-state index in [9.17, 15) is 13.2 Å². The van der Waals surface area contributed by atoms with E-state index in [1.165, 1.54) is 38.4 Å². The molecule has 0 atom stereocenters. The summed E-state index contributed by atoms with van der Waals surface area (Å²) < 4.78 is 30.1. The number of nitrogens with zero attached hydrogens (tertiary/aromatic N) is 1. The molecule has 0 fully saturated rings. The van der Waals surface area contributed by atoms with Crippen LogP contribution in [-0.4, -0.2) is 45.4 Å². The van der Waals surface area contributed by atoms with E-state index in [1.54, 1.807) is 23.9 Å². The van der Waals surface area contributed by atoms with Gasteiger partial charge < -0.3 is 4.74 Å². The van der Waals surface area contributed by atoms with Crippen LogP contribution in [0.1, 0.15) is 10.4 Å². The summed E-state index contributed by atoms with van der Waals surface area (Å²) in [6.07, 6.45) is 0. The van der Waals surface area contributed by atoms with E-state index in [0.29, 0.717) is 10.8 Å². The molecule has 0 spiro atoms. The Morgan fingerprint density at radius 1 is 1.12 bits per heavy atom. The summed E-state index contributed by atoms with van der Waals surface area (Å²) in [5, 5.41) is 0.669. The molecular weight excluding hydrogens is 398 g/mol. The van der Waals surface area contributed by atoms with E-state index >= 15 is 0 Å². The molecule has 0 aromatic heterocycles. The largest absolute Gasteiger partial charge is 0.461 e. The van der Waals surface area contributed by atoms with Gasteiger partial charge in [-0.15, -0.1) is 11.8 Å². The molecule has 0 radical (unpaired) electrons. The normalized spacial score (nSPS) is 11.5. The predicted molar refractivity (Wildman–Crippen MR) is 101 cm³/mol. The van der Waals surface area contributed by atoms with Gasteiger partial charge in [-0.3, -0.25) is 4.84 Å². The molecule has 2 aromatic rings. The number of rotatable bonds is 8. The topological polar surface area (TPSA) is 72.9 Å². The summed E-state index contributed by atoms with van der Waals surface area (Å²) in [6, 6.07) is 12.9. The van der Waals surface area contributed by atoms with Gasteiger partial charge in [-0.05, 0) is 48.5 Å². The Labute approximate surface area is 162 Å². The molecule has 0 saturated heterocycles. The van der Waals surface area contributed by atoms with Gasteiger partial charge in [-0.1, -0.05) is 16.1 Å². The van der Waals surface area contributed by atoms with Gasteiger partial charge in [0.15, 0.2) is 0 Å². The lowest BCUT2D eigenvalue weighted by atomic mass is 10.2. The molecule has 26 heavy (non-hydrogen) atoms.